The summed E-state index contributed by atoms with van der Waals surface area (Å²) in [7, 11) is 0. The van der Waals surface area contributed by atoms with Crippen molar-refractivity contribution in [2.24, 2.45) is 0 Å². The summed E-state index contributed by atoms with van der Waals surface area (Å²) < 4.78 is 5.80. The second kappa shape index (κ2) is 7.40. The second-order valence-corrected chi connectivity index (χ2v) is 7.30. The van der Waals surface area contributed by atoms with Crippen LogP contribution in [0.3, 0.4) is 0 Å². The summed E-state index contributed by atoms with van der Waals surface area (Å²) in [4.78, 5) is 36.8. The van der Waals surface area contributed by atoms with Gasteiger partial charge in [0.1, 0.15) is 11.5 Å². The Hall–Kier alpha value is -3.65. The van der Waals surface area contributed by atoms with Crippen molar-refractivity contribution in [3.05, 3.63) is 87.0 Å². The van der Waals surface area contributed by atoms with E-state index in [1.807, 2.05) is 6.07 Å². The minimum absolute atomic E-state index is 0.00705. The molecular formula is C21H14N2O5S. The molecule has 2 heterocycles. The lowest BCUT2D eigenvalue weighted by atomic mass is 10.1. The Labute approximate surface area is 169 Å². The molecule has 0 N–H and O–H groups in total. The van der Waals surface area contributed by atoms with E-state index >= 15 is 0 Å². The van der Waals surface area contributed by atoms with E-state index in [1.54, 1.807) is 49.4 Å². The van der Waals surface area contributed by atoms with Crippen LogP contribution in [0.1, 0.15) is 11.3 Å². The predicted octanol–water partition coefficient (Wildman–Crippen LogP) is 5.40. The molecule has 1 saturated heterocycles. The molecule has 0 saturated carbocycles. The highest BCUT2D eigenvalue weighted by Crippen LogP contribution is 2.36. The molecule has 8 heteroatoms. The molecule has 2 amide bonds. The fraction of sp³-hybridized carbons (Fsp3) is 0.0476. The molecule has 1 aliphatic heterocycles. The largest absolute Gasteiger partial charge is 0.457 e. The number of furan rings is 1. The number of non-ortho nitro benzene ring substituents is 1. The van der Waals surface area contributed by atoms with Gasteiger partial charge in [-0.05, 0) is 54.6 Å². The van der Waals surface area contributed by atoms with Crippen LogP contribution in [0.4, 0.5) is 16.2 Å². The molecule has 0 bridgehead atoms. The van der Waals surface area contributed by atoms with E-state index in [0.717, 1.165) is 16.7 Å². The monoisotopic (exact) mass is 406 g/mol. The molecule has 1 aromatic heterocycles. The zero-order chi connectivity index (χ0) is 20.5. The molecule has 1 aliphatic rings. The summed E-state index contributed by atoms with van der Waals surface area (Å²) in [5.74, 6) is 0.526. The summed E-state index contributed by atoms with van der Waals surface area (Å²) in [6.45, 7) is 1.76. The number of nitrogens with zero attached hydrogens (tertiary/aromatic N) is 2. The second-order valence-electron chi connectivity index (χ2n) is 6.31. The lowest BCUT2D eigenvalue weighted by molar-refractivity contribution is -0.384. The van der Waals surface area contributed by atoms with E-state index in [0.29, 0.717) is 28.3 Å². The molecule has 144 valence electrons. The van der Waals surface area contributed by atoms with E-state index in [-0.39, 0.29) is 15.8 Å². The predicted molar refractivity (Wildman–Crippen MR) is 110 cm³/mol. The number of carbonyl (C=O) groups is 2. The number of imide groups is 1. The zero-order valence-electron chi connectivity index (χ0n) is 15.2. The number of aryl methyl sites for hydroxylation is 1. The van der Waals surface area contributed by atoms with Gasteiger partial charge in [0, 0.05) is 23.8 Å². The van der Waals surface area contributed by atoms with E-state index in [2.05, 4.69) is 0 Å². The quantitative estimate of drug-likeness (QED) is 0.327. The Morgan fingerprint density at radius 2 is 1.83 bits per heavy atom. The lowest BCUT2D eigenvalue weighted by Crippen LogP contribution is -2.27. The summed E-state index contributed by atoms with van der Waals surface area (Å²) in [5.41, 5.74) is 1.93. The lowest BCUT2D eigenvalue weighted by Gasteiger charge is -2.11. The molecule has 1 fully saturated rings. The Morgan fingerprint density at radius 1 is 1.07 bits per heavy atom. The number of hydrogen-bond acceptors (Lipinski definition) is 6. The van der Waals surface area contributed by atoms with Crippen molar-refractivity contribution in [1.82, 2.24) is 0 Å². The molecule has 7 nitrogen and oxygen atoms in total. The number of hydrogen-bond donors (Lipinski definition) is 0. The van der Waals surface area contributed by atoms with Gasteiger partial charge in [0.05, 0.1) is 15.5 Å². The van der Waals surface area contributed by atoms with Crippen molar-refractivity contribution in [2.75, 3.05) is 4.90 Å². The van der Waals surface area contributed by atoms with Crippen LogP contribution in [0.2, 0.25) is 0 Å². The van der Waals surface area contributed by atoms with Crippen LogP contribution in [-0.4, -0.2) is 16.1 Å². The van der Waals surface area contributed by atoms with Gasteiger partial charge in [-0.3, -0.25) is 19.7 Å². The van der Waals surface area contributed by atoms with Crippen molar-refractivity contribution in [2.45, 2.75) is 6.92 Å². The van der Waals surface area contributed by atoms with E-state index in [1.165, 1.54) is 18.2 Å². The number of rotatable bonds is 4. The summed E-state index contributed by atoms with van der Waals surface area (Å²) in [6.07, 6.45) is 1.53. The van der Waals surface area contributed by atoms with Gasteiger partial charge in [0.25, 0.3) is 16.8 Å². The Kier molecular flexibility index (Phi) is 4.77. The Balaban J connectivity index is 1.61. The highest BCUT2D eigenvalue weighted by Gasteiger charge is 2.36. The van der Waals surface area contributed by atoms with Crippen molar-refractivity contribution in [1.29, 1.82) is 0 Å². The van der Waals surface area contributed by atoms with E-state index in [4.69, 9.17) is 4.42 Å². The first-order valence-electron chi connectivity index (χ1n) is 8.62. The number of para-hydroxylation sites is 1. The van der Waals surface area contributed by atoms with E-state index in [9.17, 15) is 19.7 Å². The molecule has 0 radical (unpaired) electrons. The number of nitro groups is 1. The minimum Gasteiger partial charge on any atom is -0.457 e. The first-order valence-corrected chi connectivity index (χ1v) is 9.44. The summed E-state index contributed by atoms with van der Waals surface area (Å²) >= 11 is 0.848. The van der Waals surface area contributed by atoms with Crippen LogP contribution in [0.25, 0.3) is 17.4 Å². The molecule has 0 spiro atoms. The molecule has 0 aliphatic carbocycles. The average Bonchev–Trinajstić information content (AvgIpc) is 3.27. The molecule has 29 heavy (non-hydrogen) atoms. The number of nitro benzene ring substituents is 1. The first-order chi connectivity index (χ1) is 13.9. The first kappa shape index (κ1) is 18.7. The SMILES string of the molecule is Cc1cc([N+](=O)[O-])ccc1-c1ccc(/C=C2\SC(=O)N(c3ccccc3)C2=O)o1. The van der Waals surface area contributed by atoms with Crippen LogP contribution in [0.15, 0.2) is 70.0 Å². The van der Waals surface area contributed by atoms with Gasteiger partial charge in [0.2, 0.25) is 0 Å². The van der Waals surface area contributed by atoms with Crippen LogP contribution in [0.5, 0.6) is 0 Å². The molecule has 0 atom stereocenters. The van der Waals surface area contributed by atoms with E-state index < -0.39 is 10.8 Å². The number of anilines is 1. The normalized spacial score (nSPS) is 15.3. The minimum atomic E-state index is -0.451. The van der Waals surface area contributed by atoms with Crippen molar-refractivity contribution in [3.63, 3.8) is 0 Å². The van der Waals surface area contributed by atoms with Gasteiger partial charge >= 0.3 is 0 Å². The summed E-state index contributed by atoms with van der Waals surface area (Å²) in [5, 5.41) is 10.5. The topological polar surface area (TPSA) is 93.7 Å². The van der Waals surface area contributed by atoms with Crippen molar-refractivity contribution < 1.29 is 18.9 Å². The maximum Gasteiger partial charge on any atom is 0.298 e. The smallest absolute Gasteiger partial charge is 0.298 e. The van der Waals surface area contributed by atoms with Crippen molar-refractivity contribution >= 4 is 40.4 Å². The number of carbonyl (C=O) groups excluding carboxylic acids is 2. The zero-order valence-corrected chi connectivity index (χ0v) is 16.0. The van der Waals surface area contributed by atoms with Gasteiger partial charge in [-0.15, -0.1) is 0 Å². The van der Waals surface area contributed by atoms with Crippen molar-refractivity contribution in [3.8, 4) is 11.3 Å². The Morgan fingerprint density at radius 3 is 2.52 bits per heavy atom. The van der Waals surface area contributed by atoms with Gasteiger partial charge in [0.15, 0.2) is 0 Å². The van der Waals surface area contributed by atoms with Gasteiger partial charge < -0.3 is 4.42 Å². The third-order valence-electron chi connectivity index (χ3n) is 4.39. The van der Waals surface area contributed by atoms with Gasteiger partial charge in [-0.25, -0.2) is 4.90 Å². The average molecular weight is 406 g/mol. The summed E-state index contributed by atoms with van der Waals surface area (Å²) in [6, 6.07) is 16.6. The van der Waals surface area contributed by atoms with Crippen LogP contribution < -0.4 is 4.90 Å². The van der Waals surface area contributed by atoms with Crippen LogP contribution in [-0.2, 0) is 4.79 Å². The fourth-order valence-electron chi connectivity index (χ4n) is 3.01. The Bertz CT molecular complexity index is 1170. The van der Waals surface area contributed by atoms with Gasteiger partial charge in [-0.2, -0.15) is 0 Å². The maximum atomic E-state index is 12.7. The highest BCUT2D eigenvalue weighted by atomic mass is 32.2. The third kappa shape index (κ3) is 3.57. The fourth-order valence-corrected chi connectivity index (χ4v) is 3.83. The number of thioether (sulfide) groups is 1. The maximum absolute atomic E-state index is 12.7. The van der Waals surface area contributed by atoms with Crippen LogP contribution >= 0.6 is 11.8 Å². The van der Waals surface area contributed by atoms with Gasteiger partial charge in [-0.1, -0.05) is 18.2 Å². The third-order valence-corrected chi connectivity index (χ3v) is 5.26. The molecule has 0 unspecified atom stereocenters. The van der Waals surface area contributed by atoms with Crippen LogP contribution in [0, 0.1) is 17.0 Å². The molecule has 2 aromatic carbocycles. The molecule has 4 rings (SSSR count). The standard InChI is InChI=1S/C21H14N2O5S/c1-13-11-15(23(26)27)7-9-17(13)18-10-8-16(28-18)12-19-20(24)22(21(25)29-19)14-5-3-2-4-6-14/h2-12H,1H3/b19-12-. The molecule has 3 aromatic rings. The number of amides is 2. The molecular weight excluding hydrogens is 392 g/mol. The number of benzene rings is 2. The highest BCUT2D eigenvalue weighted by molar-refractivity contribution is 8.19.